The highest BCUT2D eigenvalue weighted by Gasteiger charge is 2.43. The van der Waals surface area contributed by atoms with Crippen LogP contribution in [0.2, 0.25) is 0 Å². The van der Waals surface area contributed by atoms with Crippen molar-refractivity contribution >= 4 is 21.6 Å². The maximum Gasteiger partial charge on any atom is 0.417 e. The normalized spacial score (nSPS) is 19.9. The van der Waals surface area contributed by atoms with Gasteiger partial charge in [-0.1, -0.05) is 24.3 Å². The van der Waals surface area contributed by atoms with E-state index in [0.29, 0.717) is 26.2 Å². The standard InChI is InChI=1S/C21H22F3N3O4S/c1-25-10-12-26(13-11-25)20(28)18-14-27(16-7-3-4-8-17(16)31-18)32(29,30)19-9-5-2-6-15(19)21(22,23)24/h2-9,18H,10-14H2,1H3/t18-/m0/s1. The lowest BCUT2D eigenvalue weighted by Crippen LogP contribution is -2.55. The zero-order valence-corrected chi connectivity index (χ0v) is 18.1. The molecule has 2 aromatic rings. The van der Waals surface area contributed by atoms with Crippen LogP contribution in [0.1, 0.15) is 5.56 Å². The maximum absolute atomic E-state index is 13.5. The van der Waals surface area contributed by atoms with Crippen molar-refractivity contribution in [3.63, 3.8) is 0 Å². The van der Waals surface area contributed by atoms with Crippen LogP contribution < -0.4 is 9.04 Å². The number of amides is 1. The predicted octanol–water partition coefficient (Wildman–Crippen LogP) is 2.44. The van der Waals surface area contributed by atoms with E-state index in [0.717, 1.165) is 22.5 Å². The van der Waals surface area contributed by atoms with Crippen molar-refractivity contribution in [1.82, 2.24) is 9.80 Å². The molecular weight excluding hydrogens is 447 g/mol. The number of likely N-dealkylation sites (N-methyl/N-ethyl adjacent to an activating group) is 1. The third-order valence-electron chi connectivity index (χ3n) is 5.59. The van der Waals surface area contributed by atoms with Crippen LogP contribution in [0.25, 0.3) is 0 Å². The average molecular weight is 469 g/mol. The van der Waals surface area contributed by atoms with Gasteiger partial charge in [0.1, 0.15) is 5.75 Å². The van der Waals surface area contributed by atoms with Gasteiger partial charge in [0.2, 0.25) is 0 Å². The van der Waals surface area contributed by atoms with Crippen LogP contribution in [0.5, 0.6) is 5.75 Å². The summed E-state index contributed by atoms with van der Waals surface area (Å²) >= 11 is 0. The SMILES string of the molecule is CN1CCN(C(=O)[C@@H]2CN(S(=O)(=O)c3ccccc3C(F)(F)F)c3ccccc3O2)CC1. The van der Waals surface area contributed by atoms with E-state index in [2.05, 4.69) is 4.90 Å². The Hall–Kier alpha value is -2.79. The summed E-state index contributed by atoms with van der Waals surface area (Å²) in [5.41, 5.74) is -1.17. The largest absolute Gasteiger partial charge is 0.476 e. The molecule has 1 amide bonds. The van der Waals surface area contributed by atoms with Crippen LogP contribution in [0.3, 0.4) is 0 Å². The first kappa shape index (κ1) is 22.4. The number of benzene rings is 2. The lowest BCUT2D eigenvalue weighted by atomic mass is 10.2. The maximum atomic E-state index is 13.5. The number of sulfonamides is 1. The number of hydrogen-bond donors (Lipinski definition) is 0. The molecule has 32 heavy (non-hydrogen) atoms. The van der Waals surface area contributed by atoms with Gasteiger partial charge in [-0.3, -0.25) is 9.10 Å². The molecule has 0 aromatic heterocycles. The predicted molar refractivity (Wildman–Crippen MR) is 111 cm³/mol. The Morgan fingerprint density at radius 1 is 1.00 bits per heavy atom. The summed E-state index contributed by atoms with van der Waals surface area (Å²) in [6.07, 6.45) is -6.02. The number of para-hydroxylation sites is 2. The molecule has 0 spiro atoms. The van der Waals surface area contributed by atoms with Crippen LogP contribution in [0.15, 0.2) is 53.4 Å². The van der Waals surface area contributed by atoms with Crippen LogP contribution in [0.4, 0.5) is 18.9 Å². The van der Waals surface area contributed by atoms with Crippen molar-refractivity contribution in [2.45, 2.75) is 17.2 Å². The first-order chi connectivity index (χ1) is 15.1. The van der Waals surface area contributed by atoms with E-state index in [1.807, 2.05) is 7.05 Å². The Bertz CT molecular complexity index is 1120. The van der Waals surface area contributed by atoms with E-state index in [-0.39, 0.29) is 11.4 Å². The van der Waals surface area contributed by atoms with Gasteiger partial charge in [-0.05, 0) is 31.3 Å². The highest BCUT2D eigenvalue weighted by Crippen LogP contribution is 2.40. The van der Waals surface area contributed by atoms with Gasteiger partial charge < -0.3 is 14.5 Å². The van der Waals surface area contributed by atoms with Gasteiger partial charge >= 0.3 is 6.18 Å². The minimum atomic E-state index is -4.86. The van der Waals surface area contributed by atoms with E-state index >= 15 is 0 Å². The van der Waals surface area contributed by atoms with Crippen LogP contribution in [0, 0.1) is 0 Å². The number of halogens is 3. The number of fused-ring (bicyclic) bond motifs is 1. The smallest absolute Gasteiger partial charge is 0.417 e. The monoisotopic (exact) mass is 469 g/mol. The molecular formula is C21H22F3N3O4S. The van der Waals surface area contributed by atoms with E-state index in [1.165, 1.54) is 18.2 Å². The van der Waals surface area contributed by atoms with Crippen molar-refractivity contribution in [3.8, 4) is 5.75 Å². The zero-order chi connectivity index (χ0) is 23.1. The molecule has 1 saturated heterocycles. The van der Waals surface area contributed by atoms with Gasteiger partial charge in [-0.15, -0.1) is 0 Å². The number of hydrogen-bond acceptors (Lipinski definition) is 5. The molecule has 1 atom stereocenters. The first-order valence-corrected chi connectivity index (χ1v) is 11.4. The average Bonchev–Trinajstić information content (AvgIpc) is 2.77. The molecule has 11 heteroatoms. The van der Waals surface area contributed by atoms with Crippen LogP contribution in [-0.4, -0.2) is 70.0 Å². The van der Waals surface area contributed by atoms with Crippen molar-refractivity contribution in [2.75, 3.05) is 44.1 Å². The number of rotatable bonds is 3. The zero-order valence-electron chi connectivity index (χ0n) is 17.2. The number of ether oxygens (including phenoxy) is 1. The van der Waals surface area contributed by atoms with Gasteiger partial charge in [-0.25, -0.2) is 8.42 Å². The number of alkyl halides is 3. The van der Waals surface area contributed by atoms with Crippen LogP contribution >= 0.6 is 0 Å². The molecule has 2 aromatic carbocycles. The van der Waals surface area contributed by atoms with Gasteiger partial charge in [0.25, 0.3) is 15.9 Å². The molecule has 1 fully saturated rings. The Morgan fingerprint density at radius 2 is 1.62 bits per heavy atom. The van der Waals surface area contributed by atoms with Crippen molar-refractivity contribution in [2.24, 2.45) is 0 Å². The Kier molecular flexibility index (Phi) is 5.80. The van der Waals surface area contributed by atoms with E-state index in [1.54, 1.807) is 17.0 Å². The minimum absolute atomic E-state index is 0.0897. The lowest BCUT2D eigenvalue weighted by Gasteiger charge is -2.39. The molecule has 2 aliphatic heterocycles. The first-order valence-electron chi connectivity index (χ1n) is 10.0. The molecule has 2 heterocycles. The molecule has 4 rings (SSSR count). The van der Waals surface area contributed by atoms with E-state index in [4.69, 9.17) is 4.74 Å². The second-order valence-electron chi connectivity index (χ2n) is 7.73. The van der Waals surface area contributed by atoms with Gasteiger partial charge in [0, 0.05) is 26.2 Å². The Morgan fingerprint density at radius 3 is 2.31 bits per heavy atom. The number of carbonyl (C=O) groups excluding carboxylic acids is 1. The summed E-state index contributed by atoms with van der Waals surface area (Å²) in [5, 5.41) is 0. The van der Waals surface area contributed by atoms with Crippen molar-refractivity contribution in [3.05, 3.63) is 54.1 Å². The number of carbonyl (C=O) groups is 1. The highest BCUT2D eigenvalue weighted by atomic mass is 32.2. The van der Waals surface area contributed by atoms with E-state index in [9.17, 15) is 26.4 Å². The molecule has 172 valence electrons. The fourth-order valence-corrected chi connectivity index (χ4v) is 5.52. The second-order valence-corrected chi connectivity index (χ2v) is 9.56. The summed E-state index contributed by atoms with van der Waals surface area (Å²) in [7, 11) is -2.71. The lowest BCUT2D eigenvalue weighted by molar-refractivity contribution is -0.140. The van der Waals surface area contributed by atoms with Gasteiger partial charge in [0.15, 0.2) is 6.10 Å². The van der Waals surface area contributed by atoms with Gasteiger partial charge in [0.05, 0.1) is 22.7 Å². The summed E-state index contributed by atoms with van der Waals surface area (Å²) < 4.78 is 74.2. The fraction of sp³-hybridized carbons (Fsp3) is 0.381. The summed E-state index contributed by atoms with van der Waals surface area (Å²) in [4.78, 5) is 15.9. The molecule has 0 unspecified atom stereocenters. The molecule has 0 aliphatic carbocycles. The molecule has 0 saturated carbocycles. The molecule has 0 radical (unpaired) electrons. The summed E-state index contributed by atoms with van der Waals surface area (Å²) in [5.74, 6) is -0.267. The minimum Gasteiger partial charge on any atom is -0.476 e. The molecule has 0 bridgehead atoms. The second kappa shape index (κ2) is 8.28. The third kappa shape index (κ3) is 4.14. The summed E-state index contributed by atoms with van der Waals surface area (Å²) in [6.45, 7) is 1.82. The number of anilines is 1. The number of nitrogens with zero attached hydrogens (tertiary/aromatic N) is 3. The van der Waals surface area contributed by atoms with Crippen molar-refractivity contribution in [1.29, 1.82) is 0 Å². The quantitative estimate of drug-likeness (QED) is 0.691. The third-order valence-corrected chi connectivity index (χ3v) is 7.42. The Labute approximate surface area is 184 Å². The number of piperazine rings is 1. The topological polar surface area (TPSA) is 70.2 Å². The van der Waals surface area contributed by atoms with Crippen molar-refractivity contribution < 1.29 is 31.1 Å². The van der Waals surface area contributed by atoms with Gasteiger partial charge in [-0.2, -0.15) is 13.2 Å². The molecule has 0 N–H and O–H groups in total. The van der Waals surface area contributed by atoms with E-state index < -0.39 is 45.2 Å². The summed E-state index contributed by atoms with van der Waals surface area (Å²) in [6, 6.07) is 10.1. The molecule has 2 aliphatic rings. The highest BCUT2D eigenvalue weighted by molar-refractivity contribution is 7.93. The fourth-order valence-electron chi connectivity index (χ4n) is 3.83. The Balaban J connectivity index is 1.73. The van der Waals surface area contributed by atoms with Crippen LogP contribution in [-0.2, 0) is 21.0 Å². The molecule has 7 nitrogen and oxygen atoms in total.